The van der Waals surface area contributed by atoms with Gasteiger partial charge in [-0.25, -0.2) is 0 Å². The first-order valence-electron chi connectivity index (χ1n) is 5.09. The van der Waals surface area contributed by atoms with Gasteiger partial charge in [-0.2, -0.15) is 0 Å². The Morgan fingerprint density at radius 3 is 2.62 bits per heavy atom. The maximum absolute atomic E-state index is 9.62. The molecule has 3 atom stereocenters. The van der Waals surface area contributed by atoms with Crippen molar-refractivity contribution in [2.75, 3.05) is 6.61 Å². The molecule has 1 rings (SSSR count). The smallest absolute Gasteiger partial charge is 0.0849 e. The summed E-state index contributed by atoms with van der Waals surface area (Å²) in [7, 11) is 0. The number of hydrogen-bond donors (Lipinski definition) is 2. The number of aliphatic hydroxyl groups excluding tert-OH is 2. The molecule has 3 nitrogen and oxygen atoms in total. The average molecular weight is 188 g/mol. The van der Waals surface area contributed by atoms with E-state index in [0.29, 0.717) is 6.61 Å². The lowest BCUT2D eigenvalue weighted by Gasteiger charge is -2.31. The summed E-state index contributed by atoms with van der Waals surface area (Å²) in [6, 6.07) is 0. The van der Waals surface area contributed by atoms with E-state index >= 15 is 0 Å². The third-order valence-electron chi connectivity index (χ3n) is 2.60. The Kier molecular flexibility index (Phi) is 4.16. The van der Waals surface area contributed by atoms with Crippen LogP contribution in [0.3, 0.4) is 0 Å². The van der Waals surface area contributed by atoms with Crippen LogP contribution in [0.4, 0.5) is 0 Å². The molecule has 1 fully saturated rings. The van der Waals surface area contributed by atoms with E-state index in [4.69, 9.17) is 4.74 Å². The highest BCUT2D eigenvalue weighted by Crippen LogP contribution is 2.25. The molecule has 0 spiro atoms. The summed E-state index contributed by atoms with van der Waals surface area (Å²) in [5, 5.41) is 19.0. The van der Waals surface area contributed by atoms with Crippen LogP contribution in [0, 0.1) is 5.92 Å². The van der Waals surface area contributed by atoms with Gasteiger partial charge in [0.25, 0.3) is 0 Å². The lowest BCUT2D eigenvalue weighted by atomic mass is 9.85. The van der Waals surface area contributed by atoms with Gasteiger partial charge in [-0.1, -0.05) is 6.42 Å². The maximum atomic E-state index is 9.62. The SMILES string of the molecule is CC(C)OCC1CCC[C@H](O)[C@@H]1O. The zero-order valence-electron chi connectivity index (χ0n) is 8.44. The molecule has 3 heteroatoms. The number of hydrogen-bond acceptors (Lipinski definition) is 3. The summed E-state index contributed by atoms with van der Waals surface area (Å²) in [6.07, 6.45) is 1.74. The highest BCUT2D eigenvalue weighted by Gasteiger charge is 2.30. The van der Waals surface area contributed by atoms with Crippen molar-refractivity contribution in [3.63, 3.8) is 0 Å². The summed E-state index contributed by atoms with van der Waals surface area (Å²) in [5.41, 5.74) is 0. The fraction of sp³-hybridized carbons (Fsp3) is 1.00. The summed E-state index contributed by atoms with van der Waals surface area (Å²) < 4.78 is 5.43. The molecule has 1 saturated carbocycles. The van der Waals surface area contributed by atoms with Gasteiger partial charge >= 0.3 is 0 Å². The van der Waals surface area contributed by atoms with Gasteiger partial charge in [0, 0.05) is 5.92 Å². The second-order valence-corrected chi connectivity index (χ2v) is 4.13. The summed E-state index contributed by atoms with van der Waals surface area (Å²) >= 11 is 0. The minimum atomic E-state index is -0.590. The van der Waals surface area contributed by atoms with Crippen LogP contribution in [-0.4, -0.2) is 35.1 Å². The van der Waals surface area contributed by atoms with Gasteiger partial charge in [-0.05, 0) is 26.7 Å². The van der Waals surface area contributed by atoms with Crippen LogP contribution >= 0.6 is 0 Å². The third-order valence-corrected chi connectivity index (χ3v) is 2.60. The Hall–Kier alpha value is -0.120. The summed E-state index contributed by atoms with van der Waals surface area (Å²) in [6.45, 7) is 4.52. The van der Waals surface area contributed by atoms with E-state index in [1.165, 1.54) is 0 Å². The lowest BCUT2D eigenvalue weighted by molar-refractivity contribution is -0.0766. The van der Waals surface area contributed by atoms with E-state index < -0.39 is 12.2 Å². The normalized spacial score (nSPS) is 35.3. The molecular formula is C10H20O3. The maximum Gasteiger partial charge on any atom is 0.0849 e. The molecule has 0 bridgehead atoms. The summed E-state index contributed by atoms with van der Waals surface area (Å²) in [4.78, 5) is 0. The monoisotopic (exact) mass is 188 g/mol. The molecule has 0 saturated heterocycles. The Balaban J connectivity index is 2.31. The van der Waals surface area contributed by atoms with Crippen molar-refractivity contribution in [1.82, 2.24) is 0 Å². The molecule has 1 unspecified atom stereocenters. The first kappa shape index (κ1) is 11.0. The van der Waals surface area contributed by atoms with Gasteiger partial charge in [0.15, 0.2) is 0 Å². The van der Waals surface area contributed by atoms with E-state index in [2.05, 4.69) is 0 Å². The van der Waals surface area contributed by atoms with Crippen molar-refractivity contribution in [3.8, 4) is 0 Å². The molecule has 78 valence electrons. The van der Waals surface area contributed by atoms with Crippen LogP contribution in [0.15, 0.2) is 0 Å². The molecule has 0 aromatic heterocycles. The fourth-order valence-corrected chi connectivity index (χ4v) is 1.74. The van der Waals surface area contributed by atoms with Crippen LogP contribution < -0.4 is 0 Å². The third kappa shape index (κ3) is 3.25. The van der Waals surface area contributed by atoms with Crippen LogP contribution in [0.25, 0.3) is 0 Å². The van der Waals surface area contributed by atoms with Gasteiger partial charge in [-0.3, -0.25) is 0 Å². The van der Waals surface area contributed by atoms with Crippen molar-refractivity contribution in [2.24, 2.45) is 5.92 Å². The van der Waals surface area contributed by atoms with Crippen LogP contribution in [-0.2, 0) is 4.74 Å². The van der Waals surface area contributed by atoms with Crippen LogP contribution in [0.1, 0.15) is 33.1 Å². The van der Waals surface area contributed by atoms with Gasteiger partial charge in [0.05, 0.1) is 24.9 Å². The molecule has 13 heavy (non-hydrogen) atoms. The predicted molar refractivity (Wildman–Crippen MR) is 50.4 cm³/mol. The van der Waals surface area contributed by atoms with E-state index in [9.17, 15) is 10.2 Å². The quantitative estimate of drug-likeness (QED) is 0.693. The van der Waals surface area contributed by atoms with Crippen LogP contribution in [0.5, 0.6) is 0 Å². The minimum absolute atomic E-state index is 0.117. The topological polar surface area (TPSA) is 49.7 Å². The zero-order chi connectivity index (χ0) is 9.84. The number of rotatable bonds is 3. The predicted octanol–water partition coefficient (Wildman–Crippen LogP) is 0.933. The number of aliphatic hydroxyl groups is 2. The number of ether oxygens (including phenoxy) is 1. The Morgan fingerprint density at radius 1 is 1.31 bits per heavy atom. The Bertz CT molecular complexity index is 147. The molecule has 0 aromatic carbocycles. The van der Waals surface area contributed by atoms with Crippen molar-refractivity contribution in [2.45, 2.75) is 51.4 Å². The van der Waals surface area contributed by atoms with Gasteiger partial charge < -0.3 is 14.9 Å². The van der Waals surface area contributed by atoms with E-state index in [1.807, 2.05) is 13.8 Å². The second kappa shape index (κ2) is 4.94. The molecule has 0 aromatic rings. The van der Waals surface area contributed by atoms with Gasteiger partial charge in [-0.15, -0.1) is 0 Å². The Labute approximate surface area is 79.7 Å². The first-order chi connectivity index (χ1) is 6.11. The molecule has 0 amide bonds. The zero-order valence-corrected chi connectivity index (χ0v) is 8.44. The van der Waals surface area contributed by atoms with E-state index in [0.717, 1.165) is 19.3 Å². The van der Waals surface area contributed by atoms with Crippen molar-refractivity contribution in [1.29, 1.82) is 0 Å². The fourth-order valence-electron chi connectivity index (χ4n) is 1.74. The standard InChI is InChI=1S/C10H20O3/c1-7(2)13-6-8-4-3-5-9(11)10(8)12/h7-12H,3-6H2,1-2H3/t8?,9-,10+/m0/s1. The molecule has 0 heterocycles. The van der Waals surface area contributed by atoms with Crippen molar-refractivity contribution >= 4 is 0 Å². The van der Waals surface area contributed by atoms with E-state index in [-0.39, 0.29) is 12.0 Å². The first-order valence-corrected chi connectivity index (χ1v) is 5.09. The molecule has 1 aliphatic rings. The highest BCUT2D eigenvalue weighted by molar-refractivity contribution is 4.81. The second-order valence-electron chi connectivity index (χ2n) is 4.13. The van der Waals surface area contributed by atoms with E-state index in [1.54, 1.807) is 0 Å². The summed E-state index contributed by atoms with van der Waals surface area (Å²) in [5.74, 6) is 0.117. The largest absolute Gasteiger partial charge is 0.390 e. The highest BCUT2D eigenvalue weighted by atomic mass is 16.5. The lowest BCUT2D eigenvalue weighted by Crippen LogP contribution is -2.39. The van der Waals surface area contributed by atoms with Gasteiger partial charge in [0.1, 0.15) is 0 Å². The molecular weight excluding hydrogens is 168 g/mol. The van der Waals surface area contributed by atoms with Crippen molar-refractivity contribution < 1.29 is 14.9 Å². The minimum Gasteiger partial charge on any atom is -0.390 e. The Morgan fingerprint density at radius 2 is 2.00 bits per heavy atom. The average Bonchev–Trinajstić information content (AvgIpc) is 2.07. The molecule has 0 radical (unpaired) electrons. The van der Waals surface area contributed by atoms with Gasteiger partial charge in [0.2, 0.25) is 0 Å². The molecule has 0 aliphatic heterocycles. The molecule has 2 N–H and O–H groups in total. The van der Waals surface area contributed by atoms with Crippen LogP contribution in [0.2, 0.25) is 0 Å². The molecule has 1 aliphatic carbocycles. The van der Waals surface area contributed by atoms with Crippen molar-refractivity contribution in [3.05, 3.63) is 0 Å².